The molecule has 1 fully saturated rings. The highest BCUT2D eigenvalue weighted by Gasteiger charge is 2.40. The largest absolute Gasteiger partial charge is 0.326 e. The Kier molecular flexibility index (Phi) is 7.21. The molecular formula is C27H25BrFN7O3. The molecular weight excluding hydrogens is 569 g/mol. The van der Waals surface area contributed by atoms with E-state index in [0.717, 1.165) is 16.8 Å². The van der Waals surface area contributed by atoms with Crippen LogP contribution in [0, 0.1) is 13.8 Å². The number of alkyl halides is 1. The SMILES string of the molecule is CC(=O)c1nn(CC(=O)N2C[C@H](F)C[C@H]2C(=O)Nc2cccc(Br)n2)c2ccc(-c3cnc(C)nc3C)cc12. The second-order valence-electron chi connectivity index (χ2n) is 9.44. The summed E-state index contributed by atoms with van der Waals surface area (Å²) in [5.74, 6) is -0.319. The highest BCUT2D eigenvalue weighted by atomic mass is 79.9. The number of nitrogens with one attached hydrogen (secondary N) is 1. The summed E-state index contributed by atoms with van der Waals surface area (Å²) in [7, 11) is 0. The molecule has 39 heavy (non-hydrogen) atoms. The standard InChI is InChI=1S/C27H25BrFN7O3/c1-14-20(11-30-16(3)31-14)17-7-8-21-19(9-17)26(15(2)37)34-36(21)13-25(38)35-12-18(29)10-22(35)27(39)33-24-6-4-5-23(28)32-24/h4-9,11,18,22H,10,12-13H2,1-3H3,(H,32,33,39)/t18-,22+/m1/s1. The van der Waals surface area contributed by atoms with Gasteiger partial charge in [0.2, 0.25) is 11.8 Å². The van der Waals surface area contributed by atoms with Gasteiger partial charge in [0.25, 0.3) is 0 Å². The molecule has 4 aromatic rings. The van der Waals surface area contributed by atoms with E-state index in [9.17, 15) is 18.8 Å². The summed E-state index contributed by atoms with van der Waals surface area (Å²) in [6.45, 7) is 4.63. The average molecular weight is 594 g/mol. The van der Waals surface area contributed by atoms with Crippen LogP contribution >= 0.6 is 15.9 Å². The van der Waals surface area contributed by atoms with Gasteiger partial charge in [0.15, 0.2) is 5.78 Å². The third-order valence-corrected chi connectivity index (χ3v) is 7.06. The molecule has 2 amide bonds. The molecule has 200 valence electrons. The summed E-state index contributed by atoms with van der Waals surface area (Å²) in [5.41, 5.74) is 3.21. The first-order valence-corrected chi connectivity index (χ1v) is 13.1. The zero-order valence-electron chi connectivity index (χ0n) is 21.5. The number of pyridine rings is 1. The van der Waals surface area contributed by atoms with Gasteiger partial charge in [0.1, 0.15) is 40.7 Å². The number of likely N-dealkylation sites (tertiary alicyclic amines) is 1. The number of aromatic nitrogens is 5. The molecule has 0 bridgehead atoms. The summed E-state index contributed by atoms with van der Waals surface area (Å²) in [4.78, 5) is 52.9. The van der Waals surface area contributed by atoms with Crippen molar-refractivity contribution in [2.75, 3.05) is 11.9 Å². The van der Waals surface area contributed by atoms with Crippen molar-refractivity contribution in [2.45, 2.75) is 46.0 Å². The maximum Gasteiger partial charge on any atom is 0.248 e. The quantitative estimate of drug-likeness (QED) is 0.264. The van der Waals surface area contributed by atoms with Gasteiger partial charge in [-0.25, -0.2) is 19.3 Å². The van der Waals surface area contributed by atoms with Crippen LogP contribution in [0.3, 0.4) is 0 Å². The molecule has 0 spiro atoms. The molecule has 1 aliphatic rings. The summed E-state index contributed by atoms with van der Waals surface area (Å²) in [6.07, 6.45) is 0.270. The summed E-state index contributed by atoms with van der Waals surface area (Å²) in [5, 5.41) is 7.65. The van der Waals surface area contributed by atoms with Gasteiger partial charge in [0.05, 0.1) is 12.1 Å². The Hall–Kier alpha value is -4.06. The Balaban J connectivity index is 1.42. The number of ketones is 1. The van der Waals surface area contributed by atoms with Crippen molar-refractivity contribution < 1.29 is 18.8 Å². The molecule has 1 aromatic carbocycles. The Morgan fingerprint density at radius 1 is 1.15 bits per heavy atom. The van der Waals surface area contributed by atoms with Crippen LogP contribution < -0.4 is 5.32 Å². The third-order valence-electron chi connectivity index (χ3n) is 6.62. The Morgan fingerprint density at radius 3 is 2.67 bits per heavy atom. The average Bonchev–Trinajstić information content (AvgIpc) is 3.44. The molecule has 0 radical (unpaired) electrons. The number of carbonyl (C=O) groups is 3. The van der Waals surface area contributed by atoms with Gasteiger partial charge in [-0.1, -0.05) is 12.1 Å². The van der Waals surface area contributed by atoms with E-state index in [1.165, 1.54) is 16.5 Å². The maximum absolute atomic E-state index is 14.4. The summed E-state index contributed by atoms with van der Waals surface area (Å²) >= 11 is 3.25. The van der Waals surface area contributed by atoms with E-state index in [4.69, 9.17) is 0 Å². The van der Waals surface area contributed by atoms with Crippen molar-refractivity contribution in [3.8, 4) is 11.1 Å². The zero-order chi connectivity index (χ0) is 27.8. The molecule has 2 atom stereocenters. The minimum absolute atomic E-state index is 0.120. The van der Waals surface area contributed by atoms with Crippen molar-refractivity contribution in [3.05, 3.63) is 64.4 Å². The van der Waals surface area contributed by atoms with Crippen molar-refractivity contribution >= 4 is 50.2 Å². The van der Waals surface area contributed by atoms with Crippen LogP contribution in [-0.4, -0.2) is 66.0 Å². The van der Waals surface area contributed by atoms with E-state index < -0.39 is 24.0 Å². The van der Waals surface area contributed by atoms with Gasteiger partial charge < -0.3 is 10.2 Å². The number of rotatable bonds is 6. The summed E-state index contributed by atoms with van der Waals surface area (Å²) in [6, 6.07) is 9.48. The van der Waals surface area contributed by atoms with Crippen molar-refractivity contribution in [1.82, 2.24) is 29.6 Å². The monoisotopic (exact) mass is 593 g/mol. The zero-order valence-corrected chi connectivity index (χ0v) is 23.1. The Morgan fingerprint density at radius 2 is 1.95 bits per heavy atom. The number of nitrogens with zero attached hydrogens (tertiary/aromatic N) is 6. The molecule has 0 saturated carbocycles. The molecule has 1 saturated heterocycles. The molecule has 5 rings (SSSR count). The smallest absolute Gasteiger partial charge is 0.248 e. The summed E-state index contributed by atoms with van der Waals surface area (Å²) < 4.78 is 16.4. The first-order valence-electron chi connectivity index (χ1n) is 12.3. The molecule has 0 unspecified atom stereocenters. The molecule has 12 heteroatoms. The van der Waals surface area contributed by atoms with Crippen LogP contribution in [0.1, 0.15) is 35.4 Å². The number of Topliss-reactive ketones (excluding diaryl/α,β-unsaturated/α-hetero) is 1. The van der Waals surface area contributed by atoms with Crippen molar-refractivity contribution in [2.24, 2.45) is 0 Å². The van der Waals surface area contributed by atoms with Crippen LogP contribution in [0.25, 0.3) is 22.0 Å². The Bertz CT molecular complexity index is 1620. The van der Waals surface area contributed by atoms with Gasteiger partial charge in [-0.15, -0.1) is 0 Å². The maximum atomic E-state index is 14.4. The number of anilines is 1. The second-order valence-corrected chi connectivity index (χ2v) is 10.3. The number of hydrogen-bond acceptors (Lipinski definition) is 7. The van der Waals surface area contributed by atoms with Crippen LogP contribution in [0.2, 0.25) is 0 Å². The van der Waals surface area contributed by atoms with Crippen LogP contribution in [0.5, 0.6) is 0 Å². The van der Waals surface area contributed by atoms with Crippen molar-refractivity contribution in [1.29, 1.82) is 0 Å². The van der Waals surface area contributed by atoms with E-state index in [2.05, 4.69) is 41.3 Å². The lowest BCUT2D eigenvalue weighted by Crippen LogP contribution is -2.44. The molecule has 1 N–H and O–H groups in total. The predicted molar refractivity (Wildman–Crippen MR) is 146 cm³/mol. The van der Waals surface area contributed by atoms with E-state index in [1.54, 1.807) is 30.5 Å². The lowest BCUT2D eigenvalue weighted by Gasteiger charge is -2.23. The number of halogens is 2. The number of aryl methyl sites for hydroxylation is 2. The lowest BCUT2D eigenvalue weighted by atomic mass is 10.0. The minimum atomic E-state index is -1.34. The van der Waals surface area contributed by atoms with Gasteiger partial charge in [-0.2, -0.15) is 5.10 Å². The van der Waals surface area contributed by atoms with Gasteiger partial charge >= 0.3 is 0 Å². The van der Waals surface area contributed by atoms with E-state index >= 15 is 0 Å². The lowest BCUT2D eigenvalue weighted by molar-refractivity contribution is -0.137. The van der Waals surface area contributed by atoms with Crippen molar-refractivity contribution in [3.63, 3.8) is 0 Å². The van der Waals surface area contributed by atoms with Gasteiger partial charge in [-0.3, -0.25) is 19.1 Å². The fourth-order valence-corrected chi connectivity index (χ4v) is 5.15. The third kappa shape index (κ3) is 5.42. The van der Waals surface area contributed by atoms with Gasteiger partial charge in [-0.05, 0) is 59.6 Å². The highest BCUT2D eigenvalue weighted by molar-refractivity contribution is 9.10. The fourth-order valence-electron chi connectivity index (χ4n) is 4.81. The van der Waals surface area contributed by atoms with E-state index in [1.807, 2.05) is 26.0 Å². The van der Waals surface area contributed by atoms with Gasteiger partial charge in [0, 0.05) is 36.2 Å². The normalized spacial score (nSPS) is 17.0. The number of carbonyl (C=O) groups excluding carboxylic acids is 3. The molecule has 3 aromatic heterocycles. The first-order chi connectivity index (χ1) is 18.6. The fraction of sp³-hybridized carbons (Fsp3) is 0.296. The molecule has 0 aliphatic carbocycles. The minimum Gasteiger partial charge on any atom is -0.326 e. The van der Waals surface area contributed by atoms with E-state index in [-0.39, 0.29) is 31.0 Å². The number of amides is 2. The second kappa shape index (κ2) is 10.6. The predicted octanol–water partition coefficient (Wildman–Crippen LogP) is 4.05. The number of benzene rings is 1. The van der Waals surface area contributed by atoms with Crippen LogP contribution in [-0.2, 0) is 16.1 Å². The molecule has 10 nitrogen and oxygen atoms in total. The molecule has 1 aliphatic heterocycles. The van der Waals surface area contributed by atoms with Crippen LogP contribution in [0.15, 0.2) is 47.2 Å². The first kappa shape index (κ1) is 26.5. The topological polar surface area (TPSA) is 123 Å². The molecule has 4 heterocycles. The van der Waals surface area contributed by atoms with E-state index in [0.29, 0.717) is 27.1 Å². The number of fused-ring (bicyclic) bond motifs is 1. The Labute approximate surface area is 231 Å². The van der Waals surface area contributed by atoms with Crippen LogP contribution in [0.4, 0.5) is 10.2 Å². The number of hydrogen-bond donors (Lipinski definition) is 1. The highest BCUT2D eigenvalue weighted by Crippen LogP contribution is 2.29.